The Hall–Kier alpha value is -1.55. The van der Waals surface area contributed by atoms with E-state index in [0.717, 1.165) is 17.6 Å². The summed E-state index contributed by atoms with van der Waals surface area (Å²) in [5, 5.41) is 3.51. The van der Waals surface area contributed by atoms with Gasteiger partial charge in [0.05, 0.1) is 5.52 Å². The first kappa shape index (κ1) is 14.9. The van der Waals surface area contributed by atoms with E-state index in [1.54, 1.807) is 4.57 Å². The van der Waals surface area contributed by atoms with Gasteiger partial charge in [-0.3, -0.25) is 4.57 Å². The molecule has 1 atom stereocenters. The fourth-order valence-electron chi connectivity index (χ4n) is 2.69. The summed E-state index contributed by atoms with van der Waals surface area (Å²) < 4.78 is 7.00. The van der Waals surface area contributed by atoms with Crippen LogP contribution in [0.1, 0.15) is 46.2 Å². The molecule has 1 aromatic carbocycles. The second-order valence-corrected chi connectivity index (χ2v) is 6.20. The molecule has 4 heteroatoms. The predicted octanol–water partition coefficient (Wildman–Crippen LogP) is 3.31. The standard InChI is InChI=1S/C16H24N2O2/c1-6-17-14(16(3,4)5)11-8-9-12-13(10-11)20-15(19)18(12)7-2/h8-10,14,17H,6-7H2,1-5H3. The fourth-order valence-corrected chi connectivity index (χ4v) is 2.69. The van der Waals surface area contributed by atoms with E-state index in [1.165, 1.54) is 0 Å². The molecule has 0 aliphatic heterocycles. The van der Waals surface area contributed by atoms with Crippen molar-refractivity contribution < 1.29 is 4.42 Å². The number of aryl methyl sites for hydroxylation is 1. The molecule has 20 heavy (non-hydrogen) atoms. The highest BCUT2D eigenvalue weighted by molar-refractivity contribution is 5.74. The minimum atomic E-state index is -0.282. The first-order valence-corrected chi connectivity index (χ1v) is 7.25. The average Bonchev–Trinajstić information content (AvgIpc) is 2.68. The van der Waals surface area contributed by atoms with Gasteiger partial charge in [-0.1, -0.05) is 33.8 Å². The van der Waals surface area contributed by atoms with Crippen LogP contribution < -0.4 is 11.1 Å². The number of hydrogen-bond acceptors (Lipinski definition) is 3. The van der Waals surface area contributed by atoms with Crippen molar-refractivity contribution in [3.8, 4) is 0 Å². The maximum absolute atomic E-state index is 11.8. The lowest BCUT2D eigenvalue weighted by Crippen LogP contribution is -2.32. The molecule has 4 nitrogen and oxygen atoms in total. The summed E-state index contributed by atoms with van der Waals surface area (Å²) in [5.41, 5.74) is 2.79. The van der Waals surface area contributed by atoms with Gasteiger partial charge in [0.2, 0.25) is 0 Å². The van der Waals surface area contributed by atoms with Gasteiger partial charge in [0.15, 0.2) is 5.58 Å². The average molecular weight is 276 g/mol. The van der Waals surface area contributed by atoms with E-state index in [0.29, 0.717) is 12.1 Å². The Morgan fingerprint density at radius 1 is 1.30 bits per heavy atom. The van der Waals surface area contributed by atoms with Crippen molar-refractivity contribution in [1.29, 1.82) is 0 Å². The number of aromatic nitrogens is 1. The van der Waals surface area contributed by atoms with Crippen LogP contribution in [-0.4, -0.2) is 11.1 Å². The van der Waals surface area contributed by atoms with Crippen LogP contribution >= 0.6 is 0 Å². The Morgan fingerprint density at radius 2 is 2.00 bits per heavy atom. The van der Waals surface area contributed by atoms with Crippen molar-refractivity contribution in [3.05, 3.63) is 34.3 Å². The summed E-state index contributed by atoms with van der Waals surface area (Å²) in [7, 11) is 0. The molecule has 0 aliphatic rings. The maximum Gasteiger partial charge on any atom is 0.419 e. The number of fused-ring (bicyclic) bond motifs is 1. The molecule has 0 saturated carbocycles. The zero-order valence-electron chi connectivity index (χ0n) is 13.0. The molecule has 1 unspecified atom stereocenters. The molecular formula is C16H24N2O2. The lowest BCUT2D eigenvalue weighted by atomic mass is 9.82. The van der Waals surface area contributed by atoms with E-state index < -0.39 is 0 Å². The number of hydrogen-bond donors (Lipinski definition) is 1. The normalized spacial score (nSPS) is 13.8. The molecule has 2 rings (SSSR count). The van der Waals surface area contributed by atoms with Gasteiger partial charge < -0.3 is 9.73 Å². The lowest BCUT2D eigenvalue weighted by Gasteiger charge is -2.31. The number of benzene rings is 1. The molecule has 0 radical (unpaired) electrons. The largest absolute Gasteiger partial charge is 0.419 e. The molecule has 1 N–H and O–H groups in total. The summed E-state index contributed by atoms with van der Waals surface area (Å²) in [4.78, 5) is 11.8. The topological polar surface area (TPSA) is 47.2 Å². The number of rotatable bonds is 4. The van der Waals surface area contributed by atoms with E-state index in [9.17, 15) is 4.79 Å². The van der Waals surface area contributed by atoms with E-state index in [-0.39, 0.29) is 17.2 Å². The van der Waals surface area contributed by atoms with E-state index in [1.807, 2.05) is 19.1 Å². The lowest BCUT2D eigenvalue weighted by molar-refractivity contribution is 0.277. The van der Waals surface area contributed by atoms with Gasteiger partial charge in [0.1, 0.15) is 0 Å². The number of oxazole rings is 1. The predicted molar refractivity (Wildman–Crippen MR) is 82.0 cm³/mol. The molecule has 0 fully saturated rings. The number of nitrogens with zero attached hydrogens (tertiary/aromatic N) is 1. The zero-order valence-corrected chi connectivity index (χ0v) is 13.0. The Kier molecular flexibility index (Phi) is 4.04. The molecule has 1 aromatic heterocycles. The van der Waals surface area contributed by atoms with Gasteiger partial charge >= 0.3 is 5.76 Å². The minimum Gasteiger partial charge on any atom is -0.408 e. The van der Waals surface area contributed by atoms with Crippen molar-refractivity contribution >= 4 is 11.1 Å². The van der Waals surface area contributed by atoms with Gasteiger partial charge in [-0.15, -0.1) is 0 Å². The minimum absolute atomic E-state index is 0.0945. The molecule has 0 spiro atoms. The summed E-state index contributed by atoms with van der Waals surface area (Å²) in [5.74, 6) is -0.282. The molecule has 110 valence electrons. The van der Waals surface area contributed by atoms with Gasteiger partial charge in [-0.25, -0.2) is 4.79 Å². The molecular weight excluding hydrogens is 252 g/mol. The zero-order chi connectivity index (χ0) is 14.9. The third kappa shape index (κ3) is 2.66. The molecule has 0 aliphatic carbocycles. The van der Waals surface area contributed by atoms with Crippen LogP contribution in [-0.2, 0) is 6.54 Å². The first-order chi connectivity index (χ1) is 9.38. The smallest absolute Gasteiger partial charge is 0.408 e. The van der Waals surface area contributed by atoms with Gasteiger partial charge in [-0.2, -0.15) is 0 Å². The van der Waals surface area contributed by atoms with E-state index in [4.69, 9.17) is 4.42 Å². The SMILES string of the molecule is CCNC(c1ccc2c(c1)oc(=O)n2CC)C(C)(C)C. The summed E-state index contributed by atoms with van der Waals surface area (Å²) in [6.07, 6.45) is 0. The molecule has 2 aromatic rings. The molecule has 0 saturated heterocycles. The van der Waals surface area contributed by atoms with Crippen LogP contribution in [0.3, 0.4) is 0 Å². The first-order valence-electron chi connectivity index (χ1n) is 7.25. The van der Waals surface area contributed by atoms with Gasteiger partial charge in [-0.05, 0) is 36.6 Å². The van der Waals surface area contributed by atoms with Crippen molar-refractivity contribution in [2.24, 2.45) is 5.41 Å². The maximum atomic E-state index is 11.8. The third-order valence-corrected chi connectivity index (χ3v) is 3.62. The van der Waals surface area contributed by atoms with Crippen molar-refractivity contribution in [1.82, 2.24) is 9.88 Å². The Balaban J connectivity index is 2.53. The van der Waals surface area contributed by atoms with Crippen molar-refractivity contribution in [3.63, 3.8) is 0 Å². The number of nitrogens with one attached hydrogen (secondary N) is 1. The summed E-state index contributed by atoms with van der Waals surface area (Å²) >= 11 is 0. The Bertz CT molecular complexity index is 647. The second kappa shape index (κ2) is 5.44. The highest BCUT2D eigenvalue weighted by Gasteiger charge is 2.26. The third-order valence-electron chi connectivity index (χ3n) is 3.62. The van der Waals surface area contributed by atoms with Crippen molar-refractivity contribution in [2.75, 3.05) is 6.54 Å². The summed E-state index contributed by atoms with van der Waals surface area (Å²) in [6, 6.07) is 6.28. The van der Waals surface area contributed by atoms with Crippen LogP contribution in [0.4, 0.5) is 0 Å². The Morgan fingerprint density at radius 3 is 2.55 bits per heavy atom. The fraction of sp³-hybridized carbons (Fsp3) is 0.562. The van der Waals surface area contributed by atoms with E-state index >= 15 is 0 Å². The molecule has 0 bridgehead atoms. The van der Waals surface area contributed by atoms with E-state index in [2.05, 4.69) is 39.1 Å². The quantitative estimate of drug-likeness (QED) is 0.932. The van der Waals surface area contributed by atoms with Crippen LogP contribution in [0.25, 0.3) is 11.1 Å². The molecule has 0 amide bonds. The Labute approximate surface area is 119 Å². The van der Waals surface area contributed by atoms with Gasteiger partial charge in [0.25, 0.3) is 0 Å². The van der Waals surface area contributed by atoms with Crippen LogP contribution in [0, 0.1) is 5.41 Å². The van der Waals surface area contributed by atoms with Crippen LogP contribution in [0.15, 0.2) is 27.4 Å². The van der Waals surface area contributed by atoms with Gasteiger partial charge in [0, 0.05) is 12.6 Å². The highest BCUT2D eigenvalue weighted by Crippen LogP contribution is 2.33. The second-order valence-electron chi connectivity index (χ2n) is 6.20. The molecule has 1 heterocycles. The van der Waals surface area contributed by atoms with Crippen molar-refractivity contribution in [2.45, 2.75) is 47.2 Å². The van der Waals surface area contributed by atoms with Crippen LogP contribution in [0.2, 0.25) is 0 Å². The summed E-state index contributed by atoms with van der Waals surface area (Å²) in [6.45, 7) is 12.2. The highest BCUT2D eigenvalue weighted by atomic mass is 16.4. The van der Waals surface area contributed by atoms with Crippen LogP contribution in [0.5, 0.6) is 0 Å². The monoisotopic (exact) mass is 276 g/mol.